The zero-order valence-corrected chi connectivity index (χ0v) is 9.58. The van der Waals surface area contributed by atoms with Crippen molar-refractivity contribution in [2.45, 2.75) is 51.9 Å². The SMILES string of the molecule is CCC(=O)SCCC(F)CC(F)CC. The van der Waals surface area contributed by atoms with Gasteiger partial charge in [-0.2, -0.15) is 0 Å². The third-order valence-electron chi connectivity index (χ3n) is 1.94. The molecule has 0 N–H and O–H groups in total. The van der Waals surface area contributed by atoms with Gasteiger partial charge in [-0.25, -0.2) is 8.78 Å². The largest absolute Gasteiger partial charge is 0.287 e. The average molecular weight is 224 g/mol. The van der Waals surface area contributed by atoms with Crippen LogP contribution >= 0.6 is 11.8 Å². The maximum atomic E-state index is 13.0. The lowest BCUT2D eigenvalue weighted by Gasteiger charge is -2.09. The Balaban J connectivity index is 3.44. The molecule has 0 amide bonds. The first-order chi connectivity index (χ1) is 6.60. The Labute approximate surface area is 88.6 Å². The van der Waals surface area contributed by atoms with Crippen LogP contribution in [0.5, 0.6) is 0 Å². The molecule has 0 bridgehead atoms. The first-order valence-electron chi connectivity index (χ1n) is 5.03. The van der Waals surface area contributed by atoms with E-state index in [9.17, 15) is 13.6 Å². The molecule has 2 atom stereocenters. The number of alkyl halides is 2. The fraction of sp³-hybridized carbons (Fsp3) is 0.900. The Hall–Kier alpha value is -0.120. The van der Waals surface area contributed by atoms with Crippen molar-refractivity contribution < 1.29 is 13.6 Å². The Kier molecular flexibility index (Phi) is 8.14. The van der Waals surface area contributed by atoms with E-state index < -0.39 is 12.3 Å². The highest BCUT2D eigenvalue weighted by molar-refractivity contribution is 8.13. The van der Waals surface area contributed by atoms with Gasteiger partial charge in [-0.1, -0.05) is 25.6 Å². The lowest BCUT2D eigenvalue weighted by Crippen LogP contribution is -2.10. The predicted molar refractivity (Wildman–Crippen MR) is 57.1 cm³/mol. The fourth-order valence-electron chi connectivity index (χ4n) is 0.965. The van der Waals surface area contributed by atoms with Crippen LogP contribution in [0.2, 0.25) is 0 Å². The molecule has 4 heteroatoms. The minimum atomic E-state index is -1.11. The molecule has 0 aliphatic rings. The number of rotatable bonds is 7. The summed E-state index contributed by atoms with van der Waals surface area (Å²) in [7, 11) is 0. The molecule has 0 saturated heterocycles. The Morgan fingerprint density at radius 1 is 1.29 bits per heavy atom. The van der Waals surface area contributed by atoms with Gasteiger partial charge in [-0.3, -0.25) is 4.79 Å². The summed E-state index contributed by atoms with van der Waals surface area (Å²) in [4.78, 5) is 10.8. The average Bonchev–Trinajstić information content (AvgIpc) is 2.17. The number of thioether (sulfide) groups is 1. The zero-order valence-electron chi connectivity index (χ0n) is 8.76. The highest BCUT2D eigenvalue weighted by Crippen LogP contribution is 2.16. The molecule has 14 heavy (non-hydrogen) atoms. The lowest BCUT2D eigenvalue weighted by atomic mass is 10.1. The molecule has 0 rings (SSSR count). The van der Waals surface area contributed by atoms with Crippen LogP contribution in [0.3, 0.4) is 0 Å². The summed E-state index contributed by atoms with van der Waals surface area (Å²) < 4.78 is 25.8. The number of carbonyl (C=O) groups excluding carboxylic acids is 1. The summed E-state index contributed by atoms with van der Waals surface area (Å²) in [6.07, 6.45) is -1.07. The van der Waals surface area contributed by atoms with Gasteiger partial charge >= 0.3 is 0 Å². The quantitative estimate of drug-likeness (QED) is 0.658. The molecule has 0 fully saturated rings. The number of hydrogen-bond donors (Lipinski definition) is 0. The second-order valence-corrected chi connectivity index (χ2v) is 4.35. The van der Waals surface area contributed by atoms with Crippen molar-refractivity contribution >= 4 is 16.9 Å². The molecule has 0 saturated carbocycles. The van der Waals surface area contributed by atoms with Gasteiger partial charge in [-0.05, 0) is 12.8 Å². The molecule has 0 aromatic heterocycles. The van der Waals surface area contributed by atoms with E-state index in [0.717, 1.165) is 11.8 Å². The van der Waals surface area contributed by atoms with E-state index in [4.69, 9.17) is 0 Å². The van der Waals surface area contributed by atoms with Crippen LogP contribution in [0.15, 0.2) is 0 Å². The standard InChI is InChI=1S/C10H18F2OS/c1-3-8(11)7-9(12)5-6-14-10(13)4-2/h8-9H,3-7H2,1-2H3. The lowest BCUT2D eigenvalue weighted by molar-refractivity contribution is -0.110. The van der Waals surface area contributed by atoms with Crippen molar-refractivity contribution in [3.05, 3.63) is 0 Å². The summed E-state index contributed by atoms with van der Waals surface area (Å²) >= 11 is 1.14. The van der Waals surface area contributed by atoms with Gasteiger partial charge in [0, 0.05) is 18.6 Å². The highest BCUT2D eigenvalue weighted by Gasteiger charge is 2.13. The third kappa shape index (κ3) is 7.30. The Morgan fingerprint density at radius 3 is 2.43 bits per heavy atom. The van der Waals surface area contributed by atoms with Crippen LogP contribution in [-0.2, 0) is 4.79 Å². The molecule has 0 aliphatic carbocycles. The van der Waals surface area contributed by atoms with E-state index >= 15 is 0 Å². The van der Waals surface area contributed by atoms with Gasteiger partial charge in [-0.15, -0.1) is 0 Å². The molecule has 1 nitrogen and oxygen atoms in total. The topological polar surface area (TPSA) is 17.1 Å². The molecular formula is C10H18F2OS. The Morgan fingerprint density at radius 2 is 1.93 bits per heavy atom. The smallest absolute Gasteiger partial charge is 0.188 e. The van der Waals surface area contributed by atoms with E-state index in [1.165, 1.54) is 0 Å². The molecule has 0 spiro atoms. The minimum absolute atomic E-state index is 0.0304. The van der Waals surface area contributed by atoms with Gasteiger partial charge in [0.1, 0.15) is 12.3 Å². The minimum Gasteiger partial charge on any atom is -0.287 e. The van der Waals surface area contributed by atoms with Crippen LogP contribution in [0.4, 0.5) is 8.78 Å². The molecule has 0 radical (unpaired) electrons. The second-order valence-electron chi connectivity index (χ2n) is 3.20. The van der Waals surface area contributed by atoms with Crippen LogP contribution in [0.1, 0.15) is 39.5 Å². The third-order valence-corrected chi connectivity index (χ3v) is 2.99. The number of halogens is 2. The molecule has 0 heterocycles. The maximum Gasteiger partial charge on any atom is 0.188 e. The van der Waals surface area contributed by atoms with Crippen molar-refractivity contribution in [3.8, 4) is 0 Å². The van der Waals surface area contributed by atoms with E-state index in [0.29, 0.717) is 18.6 Å². The number of carbonyl (C=O) groups is 1. The summed E-state index contributed by atoms with van der Waals surface area (Å²) in [5, 5.41) is 0.0736. The molecule has 0 aliphatic heterocycles. The monoisotopic (exact) mass is 224 g/mol. The van der Waals surface area contributed by atoms with Gasteiger partial charge < -0.3 is 0 Å². The summed E-state index contributed by atoms with van der Waals surface area (Å²) in [6.45, 7) is 3.48. The van der Waals surface area contributed by atoms with Crippen molar-refractivity contribution in [2.75, 3.05) is 5.75 Å². The van der Waals surface area contributed by atoms with Crippen LogP contribution in [0, 0.1) is 0 Å². The molecular weight excluding hydrogens is 206 g/mol. The molecule has 0 aromatic rings. The summed E-state index contributed by atoms with van der Waals surface area (Å²) in [6, 6.07) is 0. The van der Waals surface area contributed by atoms with Crippen molar-refractivity contribution in [1.29, 1.82) is 0 Å². The summed E-state index contributed by atoms with van der Waals surface area (Å²) in [5.41, 5.74) is 0. The molecule has 84 valence electrons. The van der Waals surface area contributed by atoms with Crippen LogP contribution in [0.25, 0.3) is 0 Å². The van der Waals surface area contributed by atoms with E-state index in [1.807, 2.05) is 0 Å². The molecule has 2 unspecified atom stereocenters. The van der Waals surface area contributed by atoms with E-state index in [1.54, 1.807) is 13.8 Å². The normalized spacial score (nSPS) is 15.1. The first-order valence-corrected chi connectivity index (χ1v) is 6.02. The van der Waals surface area contributed by atoms with Gasteiger partial charge in [0.2, 0.25) is 0 Å². The van der Waals surface area contributed by atoms with Gasteiger partial charge in [0.25, 0.3) is 0 Å². The predicted octanol–water partition coefficient (Wildman–Crippen LogP) is 3.52. The number of hydrogen-bond acceptors (Lipinski definition) is 2. The van der Waals surface area contributed by atoms with Crippen LogP contribution < -0.4 is 0 Å². The molecule has 0 aromatic carbocycles. The Bertz CT molecular complexity index is 164. The zero-order chi connectivity index (χ0) is 11.0. The fourth-order valence-corrected chi connectivity index (χ4v) is 1.77. The van der Waals surface area contributed by atoms with Crippen molar-refractivity contribution in [1.82, 2.24) is 0 Å². The second kappa shape index (κ2) is 8.21. The van der Waals surface area contributed by atoms with Gasteiger partial charge in [0.05, 0.1) is 0 Å². The maximum absolute atomic E-state index is 13.0. The summed E-state index contributed by atoms with van der Waals surface area (Å²) in [5.74, 6) is 0.463. The van der Waals surface area contributed by atoms with Crippen molar-refractivity contribution in [2.24, 2.45) is 0 Å². The van der Waals surface area contributed by atoms with Crippen molar-refractivity contribution in [3.63, 3.8) is 0 Å². The van der Waals surface area contributed by atoms with Crippen LogP contribution in [-0.4, -0.2) is 23.2 Å². The highest BCUT2D eigenvalue weighted by atomic mass is 32.2. The van der Waals surface area contributed by atoms with E-state index in [2.05, 4.69) is 0 Å². The van der Waals surface area contributed by atoms with E-state index in [-0.39, 0.29) is 18.0 Å². The van der Waals surface area contributed by atoms with Gasteiger partial charge in [0.15, 0.2) is 5.12 Å². The first kappa shape index (κ1) is 13.9.